The van der Waals surface area contributed by atoms with Gasteiger partial charge in [-0.05, 0) is 50.4 Å². The number of thioether (sulfide) groups is 1. The van der Waals surface area contributed by atoms with Crippen LogP contribution in [0.15, 0.2) is 47.5 Å². The topological polar surface area (TPSA) is 50.7 Å². The van der Waals surface area contributed by atoms with Gasteiger partial charge >= 0.3 is 0 Å². The Bertz CT molecular complexity index is 1080. The number of ether oxygens (including phenoxy) is 2. The maximum Gasteiger partial charge on any atom is 0.226 e. The Morgan fingerprint density at radius 3 is 2.30 bits per heavy atom. The number of aromatic nitrogens is 2. The Morgan fingerprint density at radius 1 is 0.909 bits per heavy atom. The van der Waals surface area contributed by atoms with Gasteiger partial charge in [0.2, 0.25) is 5.95 Å². The van der Waals surface area contributed by atoms with E-state index in [0.717, 1.165) is 73.2 Å². The number of hydrogen-bond donors (Lipinski definition) is 0. The molecule has 0 N–H and O–H groups in total. The molecule has 5 rings (SSSR count). The summed E-state index contributed by atoms with van der Waals surface area (Å²) >= 11 is 1.91. The minimum Gasteiger partial charge on any atom is -0.493 e. The number of rotatable bonds is 7. The van der Waals surface area contributed by atoms with Gasteiger partial charge in [0.1, 0.15) is 5.03 Å². The number of anilines is 1. The monoisotopic (exact) mass is 464 g/mol. The average molecular weight is 465 g/mol. The van der Waals surface area contributed by atoms with Crippen LogP contribution < -0.4 is 14.4 Å². The van der Waals surface area contributed by atoms with Crippen molar-refractivity contribution in [1.29, 1.82) is 0 Å². The number of nitrogens with zero attached hydrogens (tertiary/aromatic N) is 4. The van der Waals surface area contributed by atoms with Crippen molar-refractivity contribution in [3.63, 3.8) is 0 Å². The predicted molar refractivity (Wildman–Crippen MR) is 135 cm³/mol. The smallest absolute Gasteiger partial charge is 0.226 e. The second-order valence-electron chi connectivity index (χ2n) is 8.83. The molecule has 0 saturated carbocycles. The van der Waals surface area contributed by atoms with E-state index in [4.69, 9.17) is 19.4 Å². The Balaban J connectivity index is 1.37. The van der Waals surface area contributed by atoms with Crippen molar-refractivity contribution in [3.05, 3.63) is 48.0 Å². The molecule has 0 aliphatic carbocycles. The number of piperidine rings is 1. The lowest BCUT2D eigenvalue weighted by Crippen LogP contribution is -2.34. The molecular formula is C26H32N4O2S. The molecule has 2 aromatic carbocycles. The van der Waals surface area contributed by atoms with Crippen LogP contribution in [0, 0.1) is 0 Å². The fraction of sp³-hybridized carbons (Fsp3) is 0.462. The summed E-state index contributed by atoms with van der Waals surface area (Å²) in [5, 5.41) is 2.66. The number of benzene rings is 2. The standard InChI is InChI=1S/C26H32N4O2S/c1-31-23-16-21-22(17-24(23)32-2)27-26(30-12-6-7-13-30)28-25(21)33-20-10-14-29(15-11-20)18-19-8-4-3-5-9-19/h3-5,8-9,16-17,20H,6-7,10-15,18H2,1-2H3. The summed E-state index contributed by atoms with van der Waals surface area (Å²) in [6.07, 6.45) is 4.73. The van der Waals surface area contributed by atoms with Gasteiger partial charge in [0.05, 0.1) is 19.7 Å². The summed E-state index contributed by atoms with van der Waals surface area (Å²) in [4.78, 5) is 14.8. The quantitative estimate of drug-likeness (QED) is 0.456. The second-order valence-corrected chi connectivity index (χ2v) is 10.1. The van der Waals surface area contributed by atoms with Crippen LogP contribution in [0.5, 0.6) is 11.5 Å². The molecule has 3 aromatic rings. The maximum atomic E-state index is 5.58. The van der Waals surface area contributed by atoms with Crippen LogP contribution in [0.2, 0.25) is 0 Å². The van der Waals surface area contributed by atoms with Gasteiger partial charge in [0.15, 0.2) is 11.5 Å². The summed E-state index contributed by atoms with van der Waals surface area (Å²) in [7, 11) is 3.35. The average Bonchev–Trinajstić information content (AvgIpc) is 3.40. The van der Waals surface area contributed by atoms with Gasteiger partial charge in [0.25, 0.3) is 0 Å². The predicted octanol–water partition coefficient (Wildman–Crippen LogP) is 5.00. The van der Waals surface area contributed by atoms with Gasteiger partial charge in [-0.2, -0.15) is 0 Å². The summed E-state index contributed by atoms with van der Waals surface area (Å²) < 4.78 is 11.1. The highest BCUT2D eigenvalue weighted by atomic mass is 32.2. The number of hydrogen-bond acceptors (Lipinski definition) is 7. The number of fused-ring (bicyclic) bond motifs is 1. The first-order valence-corrected chi connectivity index (χ1v) is 12.7. The molecule has 0 spiro atoms. The van der Waals surface area contributed by atoms with Gasteiger partial charge < -0.3 is 14.4 Å². The van der Waals surface area contributed by atoms with E-state index in [1.165, 1.54) is 18.4 Å². The van der Waals surface area contributed by atoms with Crippen molar-refractivity contribution in [2.45, 2.75) is 42.5 Å². The van der Waals surface area contributed by atoms with Gasteiger partial charge in [0, 0.05) is 36.3 Å². The molecule has 0 unspecified atom stereocenters. The fourth-order valence-corrected chi connectivity index (χ4v) is 5.94. The molecule has 0 bridgehead atoms. The van der Waals surface area contributed by atoms with E-state index in [2.05, 4.69) is 40.1 Å². The third-order valence-corrected chi connectivity index (χ3v) is 7.94. The summed E-state index contributed by atoms with van der Waals surface area (Å²) in [5.74, 6) is 2.28. The first kappa shape index (κ1) is 22.3. The Kier molecular flexibility index (Phi) is 6.88. The maximum absolute atomic E-state index is 5.58. The summed E-state index contributed by atoms with van der Waals surface area (Å²) in [6, 6.07) is 14.8. The van der Waals surface area contributed by atoms with E-state index < -0.39 is 0 Å². The Labute approximate surface area is 200 Å². The Hall–Kier alpha value is -2.51. The van der Waals surface area contributed by atoms with E-state index in [9.17, 15) is 0 Å². The zero-order valence-corrected chi connectivity index (χ0v) is 20.3. The second kappa shape index (κ2) is 10.2. The van der Waals surface area contributed by atoms with Crippen molar-refractivity contribution >= 4 is 28.6 Å². The molecule has 7 heteroatoms. The number of likely N-dealkylation sites (tertiary alicyclic amines) is 1. The summed E-state index contributed by atoms with van der Waals surface area (Å²) in [5.41, 5.74) is 2.32. The van der Waals surface area contributed by atoms with Crippen LogP contribution in [-0.2, 0) is 6.54 Å². The Morgan fingerprint density at radius 2 is 1.61 bits per heavy atom. The van der Waals surface area contributed by atoms with Crippen molar-refractivity contribution < 1.29 is 9.47 Å². The summed E-state index contributed by atoms with van der Waals surface area (Å²) in [6.45, 7) is 5.32. The van der Waals surface area contributed by atoms with Crippen LogP contribution >= 0.6 is 11.8 Å². The van der Waals surface area contributed by atoms with Crippen LogP contribution in [0.25, 0.3) is 10.9 Å². The molecule has 6 nitrogen and oxygen atoms in total. The molecule has 174 valence electrons. The molecule has 2 aliphatic rings. The normalized spacial score (nSPS) is 17.6. The molecule has 3 heterocycles. The first-order chi connectivity index (χ1) is 16.2. The van der Waals surface area contributed by atoms with Crippen molar-refractivity contribution in [2.75, 3.05) is 45.3 Å². The molecule has 0 radical (unpaired) electrons. The first-order valence-electron chi connectivity index (χ1n) is 11.8. The van der Waals surface area contributed by atoms with Crippen LogP contribution in [0.1, 0.15) is 31.2 Å². The third-order valence-electron chi connectivity index (χ3n) is 6.61. The highest BCUT2D eigenvalue weighted by Gasteiger charge is 2.24. The molecule has 2 saturated heterocycles. The van der Waals surface area contributed by atoms with E-state index in [-0.39, 0.29) is 0 Å². The number of methoxy groups -OCH3 is 2. The lowest BCUT2D eigenvalue weighted by Gasteiger charge is -2.31. The SMILES string of the molecule is COc1cc2nc(N3CCCC3)nc(SC3CCN(Cc4ccccc4)CC3)c2cc1OC. The molecular weight excluding hydrogens is 432 g/mol. The largest absolute Gasteiger partial charge is 0.493 e. The van der Waals surface area contributed by atoms with Crippen LogP contribution in [-0.4, -0.2) is 60.5 Å². The van der Waals surface area contributed by atoms with E-state index in [1.54, 1.807) is 14.2 Å². The van der Waals surface area contributed by atoms with Crippen molar-refractivity contribution in [1.82, 2.24) is 14.9 Å². The van der Waals surface area contributed by atoms with Gasteiger partial charge in [-0.15, -0.1) is 11.8 Å². The lowest BCUT2D eigenvalue weighted by molar-refractivity contribution is 0.225. The van der Waals surface area contributed by atoms with Gasteiger partial charge in [-0.1, -0.05) is 30.3 Å². The highest BCUT2D eigenvalue weighted by molar-refractivity contribution is 8.00. The molecule has 0 atom stereocenters. The van der Waals surface area contributed by atoms with Crippen molar-refractivity contribution in [2.24, 2.45) is 0 Å². The fourth-order valence-electron chi connectivity index (χ4n) is 4.75. The molecule has 33 heavy (non-hydrogen) atoms. The van der Waals surface area contributed by atoms with E-state index in [0.29, 0.717) is 11.0 Å². The van der Waals surface area contributed by atoms with Crippen LogP contribution in [0.3, 0.4) is 0 Å². The minimum absolute atomic E-state index is 0.551. The molecule has 2 fully saturated rings. The zero-order chi connectivity index (χ0) is 22.6. The zero-order valence-electron chi connectivity index (χ0n) is 19.5. The van der Waals surface area contributed by atoms with Crippen molar-refractivity contribution in [3.8, 4) is 11.5 Å². The molecule has 0 amide bonds. The van der Waals surface area contributed by atoms with Gasteiger partial charge in [-0.3, -0.25) is 4.90 Å². The molecule has 1 aromatic heterocycles. The van der Waals surface area contributed by atoms with E-state index >= 15 is 0 Å². The van der Waals surface area contributed by atoms with Gasteiger partial charge in [-0.25, -0.2) is 9.97 Å². The minimum atomic E-state index is 0.551. The van der Waals surface area contributed by atoms with E-state index in [1.807, 2.05) is 23.9 Å². The third kappa shape index (κ3) is 5.04. The van der Waals surface area contributed by atoms with Crippen LogP contribution in [0.4, 0.5) is 5.95 Å². The highest BCUT2D eigenvalue weighted by Crippen LogP contribution is 2.39. The molecule has 2 aliphatic heterocycles. The lowest BCUT2D eigenvalue weighted by atomic mass is 10.1.